The third kappa shape index (κ3) is 2.89. The molecule has 2 heterocycles. The summed E-state index contributed by atoms with van der Waals surface area (Å²) in [6.07, 6.45) is 1.79. The number of aromatic nitrogens is 2. The van der Waals surface area contributed by atoms with Crippen LogP contribution in [0.5, 0.6) is 0 Å². The molecule has 0 saturated heterocycles. The number of hydrogen-bond acceptors (Lipinski definition) is 5. The molecule has 0 atom stereocenters. The highest BCUT2D eigenvalue weighted by molar-refractivity contribution is 7.99. The monoisotopic (exact) mass is 376 g/mol. The third-order valence-electron chi connectivity index (χ3n) is 3.83. The largest absolute Gasteiger partial charge is 0.480 e. The SMILES string of the molecule is CSc1c(Cl)ccc2c(=O)c3ccc(C(C)=O)nc3n(CC(=O)O)c12. The van der Waals surface area contributed by atoms with E-state index in [2.05, 4.69) is 4.98 Å². The number of carboxylic acid groups (broad SMARTS) is 1. The zero-order valence-corrected chi connectivity index (χ0v) is 14.9. The van der Waals surface area contributed by atoms with Crippen LogP contribution in [0.2, 0.25) is 5.02 Å². The highest BCUT2D eigenvalue weighted by Crippen LogP contribution is 2.33. The molecule has 3 aromatic rings. The van der Waals surface area contributed by atoms with Gasteiger partial charge in [-0.25, -0.2) is 4.98 Å². The lowest BCUT2D eigenvalue weighted by Gasteiger charge is -2.16. The Morgan fingerprint density at radius 3 is 2.52 bits per heavy atom. The molecule has 3 rings (SSSR count). The first-order chi connectivity index (χ1) is 11.8. The summed E-state index contributed by atoms with van der Waals surface area (Å²) in [7, 11) is 0. The van der Waals surface area contributed by atoms with Crippen molar-refractivity contribution in [1.29, 1.82) is 0 Å². The Labute approximate surface area is 151 Å². The summed E-state index contributed by atoms with van der Waals surface area (Å²) < 4.78 is 1.43. The fourth-order valence-corrected chi connectivity index (χ4v) is 3.82. The maximum atomic E-state index is 12.8. The van der Waals surface area contributed by atoms with E-state index in [9.17, 15) is 19.5 Å². The van der Waals surface area contributed by atoms with Crippen LogP contribution in [0.4, 0.5) is 0 Å². The molecule has 128 valence electrons. The number of carboxylic acids is 1. The first kappa shape index (κ1) is 17.4. The van der Waals surface area contributed by atoms with Gasteiger partial charge in [0.05, 0.1) is 20.8 Å². The molecule has 0 saturated carbocycles. The van der Waals surface area contributed by atoms with Crippen molar-refractivity contribution in [3.05, 3.63) is 45.2 Å². The molecule has 0 aliphatic carbocycles. The quantitative estimate of drug-likeness (QED) is 0.427. The van der Waals surface area contributed by atoms with Crippen LogP contribution in [0, 0.1) is 0 Å². The first-order valence-corrected chi connectivity index (χ1v) is 8.88. The second-order valence-electron chi connectivity index (χ2n) is 5.41. The summed E-state index contributed by atoms with van der Waals surface area (Å²) in [5.41, 5.74) is 0.456. The van der Waals surface area contributed by atoms with Crippen molar-refractivity contribution in [3.63, 3.8) is 0 Å². The van der Waals surface area contributed by atoms with Crippen molar-refractivity contribution in [3.8, 4) is 0 Å². The lowest BCUT2D eigenvalue weighted by molar-refractivity contribution is -0.137. The predicted octanol–water partition coefficient (Wildman–Crippen LogP) is 3.21. The minimum Gasteiger partial charge on any atom is -0.480 e. The molecule has 0 bridgehead atoms. The van der Waals surface area contributed by atoms with Crippen LogP contribution in [0.25, 0.3) is 21.9 Å². The van der Waals surface area contributed by atoms with Crippen LogP contribution in [0.1, 0.15) is 17.4 Å². The van der Waals surface area contributed by atoms with Crippen LogP contribution in [-0.2, 0) is 11.3 Å². The van der Waals surface area contributed by atoms with E-state index in [1.807, 2.05) is 0 Å². The summed E-state index contributed by atoms with van der Waals surface area (Å²) >= 11 is 7.55. The highest BCUT2D eigenvalue weighted by Gasteiger charge is 2.19. The van der Waals surface area contributed by atoms with Gasteiger partial charge >= 0.3 is 5.97 Å². The Balaban J connectivity index is 2.61. The number of pyridine rings is 2. The number of benzene rings is 1. The number of carbonyl (C=O) groups is 2. The topological polar surface area (TPSA) is 89.3 Å². The number of fused-ring (bicyclic) bond motifs is 2. The Kier molecular flexibility index (Phi) is 4.53. The molecule has 0 spiro atoms. The lowest BCUT2D eigenvalue weighted by atomic mass is 10.1. The molecule has 0 unspecified atom stereocenters. The minimum absolute atomic E-state index is 0.158. The number of rotatable bonds is 4. The minimum atomic E-state index is -1.09. The Bertz CT molecular complexity index is 1110. The van der Waals surface area contributed by atoms with Gasteiger partial charge in [-0.1, -0.05) is 11.6 Å². The van der Waals surface area contributed by atoms with Gasteiger partial charge in [-0.2, -0.15) is 0 Å². The average Bonchev–Trinajstić information content (AvgIpc) is 2.57. The van der Waals surface area contributed by atoms with E-state index in [1.165, 1.54) is 35.4 Å². The van der Waals surface area contributed by atoms with E-state index in [0.717, 1.165) is 0 Å². The molecule has 8 heteroatoms. The molecule has 1 N–H and O–H groups in total. The van der Waals surface area contributed by atoms with Gasteiger partial charge < -0.3 is 9.67 Å². The van der Waals surface area contributed by atoms with Crippen LogP contribution < -0.4 is 5.43 Å². The molecular weight excluding hydrogens is 364 g/mol. The Hall–Kier alpha value is -2.38. The Morgan fingerprint density at radius 1 is 1.24 bits per heavy atom. The summed E-state index contributed by atoms with van der Waals surface area (Å²) in [4.78, 5) is 40.7. The van der Waals surface area contributed by atoms with E-state index in [0.29, 0.717) is 20.8 Å². The predicted molar refractivity (Wildman–Crippen MR) is 97.9 cm³/mol. The first-order valence-electron chi connectivity index (χ1n) is 7.27. The van der Waals surface area contributed by atoms with Crippen molar-refractivity contribution in [2.45, 2.75) is 18.4 Å². The fourth-order valence-electron chi connectivity index (χ4n) is 2.76. The number of Topliss-reactive ketones (excluding diaryl/α,β-unsaturated/α-hetero) is 1. The molecule has 6 nitrogen and oxygen atoms in total. The number of aliphatic carboxylic acids is 1. The standard InChI is InChI=1S/C17H13ClN2O4S/c1-8(21)12-6-4-10-15(24)9-3-5-11(18)16(25-2)14(9)20(7-13(22)23)17(10)19-12/h3-6H,7H2,1-2H3,(H,22,23). The van der Waals surface area contributed by atoms with E-state index in [-0.39, 0.29) is 27.9 Å². The Morgan fingerprint density at radius 2 is 1.92 bits per heavy atom. The van der Waals surface area contributed by atoms with Gasteiger partial charge in [-0.05, 0) is 30.5 Å². The molecule has 0 aliphatic heterocycles. The van der Waals surface area contributed by atoms with Gasteiger partial charge in [0.15, 0.2) is 11.2 Å². The zero-order chi connectivity index (χ0) is 18.3. The summed E-state index contributed by atoms with van der Waals surface area (Å²) in [6, 6.07) is 6.17. The molecule has 0 amide bonds. The van der Waals surface area contributed by atoms with Crippen molar-refractivity contribution >= 4 is 57.1 Å². The van der Waals surface area contributed by atoms with Crippen molar-refractivity contribution < 1.29 is 14.7 Å². The zero-order valence-electron chi connectivity index (χ0n) is 13.4. The smallest absolute Gasteiger partial charge is 0.323 e. The molecule has 0 aliphatic rings. The number of carbonyl (C=O) groups excluding carboxylic acids is 1. The highest BCUT2D eigenvalue weighted by atomic mass is 35.5. The number of thioether (sulfide) groups is 1. The average molecular weight is 377 g/mol. The lowest BCUT2D eigenvalue weighted by Crippen LogP contribution is -2.18. The van der Waals surface area contributed by atoms with Gasteiger partial charge in [0.2, 0.25) is 0 Å². The third-order valence-corrected chi connectivity index (χ3v) is 5.08. The number of ketones is 1. The normalized spacial score (nSPS) is 11.2. The van der Waals surface area contributed by atoms with Crippen molar-refractivity contribution in [2.75, 3.05) is 6.26 Å². The van der Waals surface area contributed by atoms with Gasteiger partial charge in [-0.3, -0.25) is 14.4 Å². The maximum absolute atomic E-state index is 12.8. The van der Waals surface area contributed by atoms with Crippen molar-refractivity contribution in [1.82, 2.24) is 9.55 Å². The second-order valence-corrected chi connectivity index (χ2v) is 6.63. The molecular formula is C17H13ClN2O4S. The van der Waals surface area contributed by atoms with Gasteiger partial charge in [0.1, 0.15) is 17.9 Å². The van der Waals surface area contributed by atoms with E-state index in [1.54, 1.807) is 18.4 Å². The number of nitrogens with zero attached hydrogens (tertiary/aromatic N) is 2. The van der Waals surface area contributed by atoms with E-state index in [4.69, 9.17) is 11.6 Å². The molecule has 0 radical (unpaired) electrons. The second kappa shape index (κ2) is 6.50. The van der Waals surface area contributed by atoms with E-state index < -0.39 is 12.5 Å². The number of halogens is 1. The van der Waals surface area contributed by atoms with Crippen LogP contribution in [0.15, 0.2) is 34.0 Å². The van der Waals surface area contributed by atoms with Crippen molar-refractivity contribution in [2.24, 2.45) is 0 Å². The van der Waals surface area contributed by atoms with Crippen LogP contribution in [-0.4, -0.2) is 32.7 Å². The molecule has 0 fully saturated rings. The molecule has 1 aromatic carbocycles. The molecule has 2 aromatic heterocycles. The molecule has 25 heavy (non-hydrogen) atoms. The summed E-state index contributed by atoms with van der Waals surface area (Å²) in [5.74, 6) is -1.36. The van der Waals surface area contributed by atoms with Crippen LogP contribution in [0.3, 0.4) is 0 Å². The fraction of sp³-hybridized carbons (Fsp3) is 0.176. The maximum Gasteiger partial charge on any atom is 0.323 e. The van der Waals surface area contributed by atoms with Gasteiger partial charge in [0.25, 0.3) is 0 Å². The van der Waals surface area contributed by atoms with Gasteiger partial charge in [0, 0.05) is 12.3 Å². The van der Waals surface area contributed by atoms with Crippen LogP contribution >= 0.6 is 23.4 Å². The summed E-state index contributed by atoms with van der Waals surface area (Å²) in [5, 5.41) is 10.4. The van der Waals surface area contributed by atoms with Gasteiger partial charge in [-0.15, -0.1) is 11.8 Å². The number of hydrogen-bond donors (Lipinski definition) is 1. The van der Waals surface area contributed by atoms with E-state index >= 15 is 0 Å². The summed E-state index contributed by atoms with van der Waals surface area (Å²) in [6.45, 7) is 0.953.